The highest BCUT2D eigenvalue weighted by molar-refractivity contribution is 7.87. The largest absolute Gasteiger partial charge is 0.379 e. The first-order valence-electron chi connectivity index (χ1n) is 5.64. The fourth-order valence-corrected chi connectivity index (χ4v) is 2.80. The van der Waals surface area contributed by atoms with Crippen molar-refractivity contribution in [1.29, 1.82) is 0 Å². The summed E-state index contributed by atoms with van der Waals surface area (Å²) >= 11 is 0. The molecule has 0 aromatic carbocycles. The number of nitrogens with zero attached hydrogens (tertiary/aromatic N) is 1. The van der Waals surface area contributed by atoms with Gasteiger partial charge in [-0.15, -0.1) is 0 Å². The molecule has 0 aromatic heterocycles. The van der Waals surface area contributed by atoms with E-state index in [0.717, 1.165) is 12.8 Å². The van der Waals surface area contributed by atoms with Crippen LogP contribution in [0.1, 0.15) is 19.8 Å². The lowest BCUT2D eigenvalue weighted by atomic mass is 10.2. The van der Waals surface area contributed by atoms with Gasteiger partial charge >= 0.3 is 0 Å². The third-order valence-corrected chi connectivity index (χ3v) is 4.07. The molecule has 16 heavy (non-hydrogen) atoms. The zero-order chi connectivity index (χ0) is 12.0. The van der Waals surface area contributed by atoms with Crippen molar-refractivity contribution in [2.45, 2.75) is 25.8 Å². The van der Waals surface area contributed by atoms with Gasteiger partial charge < -0.3 is 10.5 Å². The highest BCUT2D eigenvalue weighted by atomic mass is 32.2. The molecule has 0 bridgehead atoms. The second kappa shape index (κ2) is 6.51. The topological polar surface area (TPSA) is 84.7 Å². The Morgan fingerprint density at radius 2 is 2.06 bits per heavy atom. The molecule has 1 atom stereocenters. The van der Waals surface area contributed by atoms with Crippen LogP contribution >= 0.6 is 0 Å². The minimum atomic E-state index is -3.37. The molecule has 1 aliphatic rings. The molecule has 1 rings (SSSR count). The molecule has 0 radical (unpaired) electrons. The van der Waals surface area contributed by atoms with Gasteiger partial charge in [-0.1, -0.05) is 13.3 Å². The molecule has 0 aromatic rings. The van der Waals surface area contributed by atoms with Gasteiger partial charge in [0.15, 0.2) is 0 Å². The Morgan fingerprint density at radius 3 is 2.62 bits per heavy atom. The number of hydrogen-bond acceptors (Lipinski definition) is 4. The maximum Gasteiger partial charge on any atom is 0.279 e. The van der Waals surface area contributed by atoms with E-state index in [9.17, 15) is 8.42 Å². The Morgan fingerprint density at radius 1 is 1.44 bits per heavy atom. The second-order valence-electron chi connectivity index (χ2n) is 3.91. The van der Waals surface area contributed by atoms with E-state index in [1.807, 2.05) is 6.92 Å². The van der Waals surface area contributed by atoms with Crippen molar-refractivity contribution in [3.8, 4) is 0 Å². The molecule has 1 aliphatic heterocycles. The average molecular weight is 251 g/mol. The normalized spacial score (nSPS) is 20.9. The fourth-order valence-electron chi connectivity index (χ4n) is 1.56. The number of morpholine rings is 1. The second-order valence-corrected chi connectivity index (χ2v) is 5.67. The van der Waals surface area contributed by atoms with Crippen LogP contribution in [0.4, 0.5) is 0 Å². The Bertz CT molecular complexity index is 288. The Kier molecular flexibility index (Phi) is 5.63. The van der Waals surface area contributed by atoms with Crippen LogP contribution < -0.4 is 10.5 Å². The van der Waals surface area contributed by atoms with Crippen LogP contribution in [0, 0.1) is 0 Å². The number of nitrogens with one attached hydrogen (secondary N) is 1. The summed E-state index contributed by atoms with van der Waals surface area (Å²) in [5.74, 6) is 0. The summed E-state index contributed by atoms with van der Waals surface area (Å²) in [5, 5.41) is 0. The highest BCUT2D eigenvalue weighted by Gasteiger charge is 2.23. The summed E-state index contributed by atoms with van der Waals surface area (Å²) in [6.45, 7) is 4.07. The van der Waals surface area contributed by atoms with Gasteiger partial charge in [0.2, 0.25) is 0 Å². The molecule has 3 N–H and O–H groups in total. The van der Waals surface area contributed by atoms with Gasteiger partial charge in [0.25, 0.3) is 10.2 Å². The van der Waals surface area contributed by atoms with E-state index in [1.165, 1.54) is 4.31 Å². The number of ether oxygens (including phenoxy) is 1. The van der Waals surface area contributed by atoms with E-state index >= 15 is 0 Å². The zero-order valence-corrected chi connectivity index (χ0v) is 10.5. The van der Waals surface area contributed by atoms with Gasteiger partial charge in [0.05, 0.1) is 13.2 Å². The van der Waals surface area contributed by atoms with Crippen molar-refractivity contribution in [1.82, 2.24) is 9.03 Å². The molecule has 7 heteroatoms. The van der Waals surface area contributed by atoms with E-state index in [4.69, 9.17) is 10.5 Å². The average Bonchev–Trinajstić information content (AvgIpc) is 2.28. The molecule has 1 saturated heterocycles. The quantitative estimate of drug-likeness (QED) is 0.652. The summed E-state index contributed by atoms with van der Waals surface area (Å²) in [4.78, 5) is 0. The standard InChI is InChI=1S/C9H21N3O3S/c1-2-3-9(10)8-11-16(13,14)12-4-6-15-7-5-12/h9,11H,2-8,10H2,1H3. The third kappa shape index (κ3) is 4.34. The molecule has 1 unspecified atom stereocenters. The van der Waals surface area contributed by atoms with Crippen molar-refractivity contribution < 1.29 is 13.2 Å². The summed E-state index contributed by atoms with van der Waals surface area (Å²) in [7, 11) is -3.37. The van der Waals surface area contributed by atoms with E-state index in [0.29, 0.717) is 32.8 Å². The van der Waals surface area contributed by atoms with Crippen molar-refractivity contribution in [2.75, 3.05) is 32.8 Å². The van der Waals surface area contributed by atoms with Crippen LogP contribution in [0.3, 0.4) is 0 Å². The van der Waals surface area contributed by atoms with Crippen LogP contribution in [0.15, 0.2) is 0 Å². The van der Waals surface area contributed by atoms with Gasteiger partial charge in [-0.3, -0.25) is 0 Å². The first-order chi connectivity index (χ1) is 7.56. The number of rotatable bonds is 6. The van der Waals surface area contributed by atoms with Gasteiger partial charge in [-0.2, -0.15) is 12.7 Å². The molecule has 0 saturated carbocycles. The highest BCUT2D eigenvalue weighted by Crippen LogP contribution is 2.03. The van der Waals surface area contributed by atoms with Crippen LogP contribution in [-0.4, -0.2) is 51.6 Å². The van der Waals surface area contributed by atoms with Crippen molar-refractivity contribution >= 4 is 10.2 Å². The van der Waals surface area contributed by atoms with Crippen LogP contribution in [0.5, 0.6) is 0 Å². The van der Waals surface area contributed by atoms with Crippen LogP contribution in [0.25, 0.3) is 0 Å². The molecule has 96 valence electrons. The van der Waals surface area contributed by atoms with Crippen molar-refractivity contribution in [3.63, 3.8) is 0 Å². The molecule has 0 amide bonds. The summed E-state index contributed by atoms with van der Waals surface area (Å²) < 4.78 is 32.6. The predicted octanol–water partition coefficient (Wildman–Crippen LogP) is -0.720. The molecule has 1 heterocycles. The third-order valence-electron chi connectivity index (χ3n) is 2.50. The number of nitrogens with two attached hydrogens (primary N) is 1. The molecular formula is C9H21N3O3S. The Labute approximate surface area is 97.3 Å². The molecule has 1 fully saturated rings. The van der Waals surface area contributed by atoms with E-state index in [2.05, 4.69) is 4.72 Å². The monoisotopic (exact) mass is 251 g/mol. The zero-order valence-electron chi connectivity index (χ0n) is 9.68. The van der Waals surface area contributed by atoms with Crippen LogP contribution in [0.2, 0.25) is 0 Å². The van der Waals surface area contributed by atoms with Crippen molar-refractivity contribution in [2.24, 2.45) is 5.73 Å². The Hall–Kier alpha value is -0.210. The van der Waals surface area contributed by atoms with Crippen molar-refractivity contribution in [3.05, 3.63) is 0 Å². The number of hydrogen-bond donors (Lipinski definition) is 2. The minimum absolute atomic E-state index is 0.110. The van der Waals surface area contributed by atoms with Gasteiger partial charge in [-0.05, 0) is 6.42 Å². The predicted molar refractivity (Wildman–Crippen MR) is 62.2 cm³/mol. The van der Waals surface area contributed by atoms with Gasteiger partial charge in [0, 0.05) is 25.7 Å². The van der Waals surface area contributed by atoms with Gasteiger partial charge in [-0.25, -0.2) is 4.72 Å². The summed E-state index contributed by atoms with van der Waals surface area (Å²) in [6, 6.07) is -0.110. The maximum absolute atomic E-state index is 11.8. The maximum atomic E-state index is 11.8. The Balaban J connectivity index is 2.38. The summed E-state index contributed by atoms with van der Waals surface area (Å²) in [6.07, 6.45) is 1.78. The lowest BCUT2D eigenvalue weighted by Gasteiger charge is -2.26. The minimum Gasteiger partial charge on any atom is -0.379 e. The van der Waals surface area contributed by atoms with E-state index in [1.54, 1.807) is 0 Å². The van der Waals surface area contributed by atoms with Gasteiger partial charge in [0.1, 0.15) is 0 Å². The first-order valence-corrected chi connectivity index (χ1v) is 7.08. The van der Waals surface area contributed by atoms with E-state index < -0.39 is 10.2 Å². The fraction of sp³-hybridized carbons (Fsp3) is 1.00. The molecule has 0 spiro atoms. The molecular weight excluding hydrogens is 230 g/mol. The molecule has 6 nitrogen and oxygen atoms in total. The summed E-state index contributed by atoms with van der Waals surface area (Å²) in [5.41, 5.74) is 5.75. The first kappa shape index (κ1) is 13.9. The van der Waals surface area contributed by atoms with Crippen LogP contribution in [-0.2, 0) is 14.9 Å². The smallest absolute Gasteiger partial charge is 0.279 e. The van der Waals surface area contributed by atoms with E-state index in [-0.39, 0.29) is 6.04 Å². The lowest BCUT2D eigenvalue weighted by molar-refractivity contribution is 0.0725. The molecule has 0 aliphatic carbocycles. The SMILES string of the molecule is CCCC(N)CNS(=O)(=O)N1CCOCC1. The lowest BCUT2D eigenvalue weighted by Crippen LogP contribution is -2.49.